The number of aryl methyl sites for hydroxylation is 1. The van der Waals surface area contributed by atoms with Crippen molar-refractivity contribution in [2.45, 2.75) is 70.3 Å². The van der Waals surface area contributed by atoms with Crippen molar-refractivity contribution >= 4 is 22.7 Å². The van der Waals surface area contributed by atoms with E-state index in [2.05, 4.69) is 51.7 Å². The van der Waals surface area contributed by atoms with Gasteiger partial charge in [0.1, 0.15) is 0 Å². The van der Waals surface area contributed by atoms with Gasteiger partial charge in [0.15, 0.2) is 17.2 Å². The molecule has 3 atom stereocenters. The SMILES string of the molecule is Cc1noc([C@H]2C[C@H](N(C)C(C)C)CC[C@@H]2NC(=O)CNc2noc3ccc(C(F)(F)F)cc23)n1. The molecule has 35 heavy (non-hydrogen) atoms. The van der Waals surface area contributed by atoms with Crippen LogP contribution in [0.2, 0.25) is 0 Å². The highest BCUT2D eigenvalue weighted by atomic mass is 19.4. The van der Waals surface area contributed by atoms with Crippen molar-refractivity contribution < 1.29 is 27.0 Å². The molecule has 0 bridgehead atoms. The molecule has 0 saturated heterocycles. The number of fused-ring (bicyclic) bond motifs is 1. The summed E-state index contributed by atoms with van der Waals surface area (Å²) in [5, 5.41) is 13.7. The molecule has 2 aromatic heterocycles. The molecule has 1 fully saturated rings. The highest BCUT2D eigenvalue weighted by molar-refractivity contribution is 5.90. The number of alkyl halides is 3. The van der Waals surface area contributed by atoms with Gasteiger partial charge in [0.25, 0.3) is 0 Å². The number of anilines is 1. The Morgan fingerprint density at radius 2 is 2.00 bits per heavy atom. The summed E-state index contributed by atoms with van der Waals surface area (Å²) in [7, 11) is 2.08. The number of rotatable bonds is 7. The largest absolute Gasteiger partial charge is 0.416 e. The van der Waals surface area contributed by atoms with E-state index in [9.17, 15) is 18.0 Å². The molecule has 4 rings (SSSR count). The summed E-state index contributed by atoms with van der Waals surface area (Å²) in [6, 6.07) is 3.55. The number of amides is 1. The molecule has 0 unspecified atom stereocenters. The Morgan fingerprint density at radius 1 is 1.23 bits per heavy atom. The first kappa shape index (κ1) is 25.0. The van der Waals surface area contributed by atoms with Gasteiger partial charge < -0.3 is 24.6 Å². The minimum Gasteiger partial charge on any atom is -0.358 e. The molecule has 0 radical (unpaired) electrons. The number of halogens is 3. The molecule has 0 aliphatic heterocycles. The van der Waals surface area contributed by atoms with E-state index in [0.29, 0.717) is 23.8 Å². The normalized spacial score (nSPS) is 21.1. The number of aromatic nitrogens is 3. The zero-order chi connectivity index (χ0) is 25.3. The van der Waals surface area contributed by atoms with Crippen LogP contribution in [0, 0.1) is 6.92 Å². The number of nitrogens with one attached hydrogen (secondary N) is 2. The van der Waals surface area contributed by atoms with Gasteiger partial charge in [-0.25, -0.2) is 0 Å². The van der Waals surface area contributed by atoms with Gasteiger partial charge in [-0.05, 0) is 65.3 Å². The van der Waals surface area contributed by atoms with E-state index in [-0.39, 0.29) is 41.2 Å². The molecular weight excluding hydrogens is 465 g/mol. The predicted octanol–water partition coefficient (Wildman–Crippen LogP) is 4.11. The van der Waals surface area contributed by atoms with Gasteiger partial charge >= 0.3 is 6.18 Å². The van der Waals surface area contributed by atoms with Crippen LogP contribution in [0.5, 0.6) is 0 Å². The van der Waals surface area contributed by atoms with Crippen LogP contribution in [0.1, 0.15) is 56.3 Å². The van der Waals surface area contributed by atoms with Gasteiger partial charge in [0.2, 0.25) is 11.8 Å². The van der Waals surface area contributed by atoms with Gasteiger partial charge in [0, 0.05) is 18.1 Å². The maximum atomic E-state index is 13.1. The van der Waals surface area contributed by atoms with Crippen LogP contribution < -0.4 is 10.6 Å². The molecule has 2 N–H and O–H groups in total. The number of benzene rings is 1. The van der Waals surface area contributed by atoms with Crippen LogP contribution in [0.25, 0.3) is 11.0 Å². The maximum absolute atomic E-state index is 13.1. The summed E-state index contributed by atoms with van der Waals surface area (Å²) in [5.74, 6) is 0.622. The molecule has 1 amide bonds. The van der Waals surface area contributed by atoms with Crippen LogP contribution >= 0.6 is 0 Å². The van der Waals surface area contributed by atoms with E-state index in [1.165, 1.54) is 6.07 Å². The highest BCUT2D eigenvalue weighted by Gasteiger charge is 2.38. The second-order valence-corrected chi connectivity index (χ2v) is 9.28. The molecule has 1 aliphatic rings. The third-order valence-electron chi connectivity index (χ3n) is 6.63. The fraction of sp³-hybridized carbons (Fsp3) is 0.565. The fourth-order valence-electron chi connectivity index (χ4n) is 4.51. The Kier molecular flexibility index (Phi) is 7.02. The fourth-order valence-corrected chi connectivity index (χ4v) is 4.51. The summed E-state index contributed by atoms with van der Waals surface area (Å²) in [6.07, 6.45) is -2.13. The van der Waals surface area contributed by atoms with Crippen molar-refractivity contribution in [3.8, 4) is 0 Å². The minimum atomic E-state index is -4.50. The van der Waals surface area contributed by atoms with Crippen LogP contribution in [-0.4, -0.2) is 57.8 Å². The molecule has 0 spiro atoms. The molecule has 12 heteroatoms. The highest BCUT2D eigenvalue weighted by Crippen LogP contribution is 2.36. The van der Waals surface area contributed by atoms with Gasteiger partial charge in [0.05, 0.1) is 23.4 Å². The van der Waals surface area contributed by atoms with Gasteiger partial charge in [-0.1, -0.05) is 10.3 Å². The first-order chi connectivity index (χ1) is 16.5. The summed E-state index contributed by atoms with van der Waals surface area (Å²) >= 11 is 0. The number of nitrogens with zero attached hydrogens (tertiary/aromatic N) is 4. The number of hydrogen-bond acceptors (Lipinski definition) is 8. The molecule has 1 aromatic carbocycles. The van der Waals surface area contributed by atoms with Crippen LogP contribution in [-0.2, 0) is 11.0 Å². The standard InChI is InChI=1S/C23H29F3N6O3/c1-12(2)32(4)15-6-7-18(16(10-15)22-28-13(3)30-35-22)29-20(33)11-27-21-17-9-14(23(24,25)26)5-8-19(17)34-31-21/h5,8-9,12,15-16,18H,6-7,10-11H2,1-4H3,(H,27,31)(H,29,33)/t15-,16+,18+/m1/s1. The zero-order valence-electron chi connectivity index (χ0n) is 20.0. The number of carbonyl (C=O) groups is 1. The van der Waals surface area contributed by atoms with E-state index < -0.39 is 11.7 Å². The van der Waals surface area contributed by atoms with Gasteiger partial charge in [-0.15, -0.1) is 0 Å². The second kappa shape index (κ2) is 9.84. The van der Waals surface area contributed by atoms with Crippen LogP contribution in [0.3, 0.4) is 0 Å². The third kappa shape index (κ3) is 5.58. The maximum Gasteiger partial charge on any atom is 0.416 e. The molecular formula is C23H29F3N6O3. The topological polar surface area (TPSA) is 109 Å². The second-order valence-electron chi connectivity index (χ2n) is 9.28. The summed E-state index contributed by atoms with van der Waals surface area (Å²) in [6.45, 7) is 5.84. The Labute approximate surface area is 200 Å². The third-order valence-corrected chi connectivity index (χ3v) is 6.63. The van der Waals surface area contributed by atoms with Crippen molar-refractivity contribution in [2.24, 2.45) is 0 Å². The summed E-state index contributed by atoms with van der Waals surface area (Å²) < 4.78 is 49.8. The van der Waals surface area contributed by atoms with Crippen molar-refractivity contribution in [3.63, 3.8) is 0 Å². The molecule has 1 saturated carbocycles. The quantitative estimate of drug-likeness (QED) is 0.505. The molecule has 190 valence electrons. The Hall–Kier alpha value is -3.15. The zero-order valence-corrected chi connectivity index (χ0v) is 20.0. The summed E-state index contributed by atoms with van der Waals surface area (Å²) in [5.41, 5.74) is -0.623. The number of carbonyl (C=O) groups excluding carboxylic acids is 1. The van der Waals surface area contributed by atoms with E-state index in [1.54, 1.807) is 6.92 Å². The minimum absolute atomic E-state index is 0.0765. The van der Waals surface area contributed by atoms with Crippen molar-refractivity contribution in [3.05, 3.63) is 35.5 Å². The number of hydrogen-bond donors (Lipinski definition) is 2. The first-order valence-electron chi connectivity index (χ1n) is 11.5. The van der Waals surface area contributed by atoms with Crippen molar-refractivity contribution in [1.82, 2.24) is 25.5 Å². The van der Waals surface area contributed by atoms with Gasteiger partial charge in [-0.2, -0.15) is 18.2 Å². The summed E-state index contributed by atoms with van der Waals surface area (Å²) in [4.78, 5) is 19.5. The molecule has 9 nitrogen and oxygen atoms in total. The van der Waals surface area contributed by atoms with E-state index >= 15 is 0 Å². The molecule has 2 heterocycles. The van der Waals surface area contributed by atoms with Crippen molar-refractivity contribution in [2.75, 3.05) is 18.9 Å². The lowest BCUT2D eigenvalue weighted by Gasteiger charge is -2.40. The van der Waals surface area contributed by atoms with Crippen molar-refractivity contribution in [1.29, 1.82) is 0 Å². The van der Waals surface area contributed by atoms with Crippen LogP contribution in [0.15, 0.2) is 27.2 Å². The lowest BCUT2D eigenvalue weighted by atomic mass is 9.80. The Balaban J connectivity index is 1.44. The lowest BCUT2D eigenvalue weighted by Crippen LogP contribution is -2.49. The monoisotopic (exact) mass is 494 g/mol. The lowest BCUT2D eigenvalue weighted by molar-refractivity contribution is -0.137. The predicted molar refractivity (Wildman–Crippen MR) is 122 cm³/mol. The van der Waals surface area contributed by atoms with Gasteiger partial charge in [-0.3, -0.25) is 4.79 Å². The molecule has 1 aliphatic carbocycles. The Morgan fingerprint density at radius 3 is 2.66 bits per heavy atom. The Bertz CT molecular complexity index is 1170. The average molecular weight is 495 g/mol. The van der Waals surface area contributed by atoms with E-state index in [0.717, 1.165) is 31.4 Å². The van der Waals surface area contributed by atoms with E-state index in [1.807, 2.05) is 0 Å². The first-order valence-corrected chi connectivity index (χ1v) is 11.5. The average Bonchev–Trinajstić information content (AvgIpc) is 3.42. The molecule has 3 aromatic rings. The smallest absolute Gasteiger partial charge is 0.358 e. The van der Waals surface area contributed by atoms with Crippen LogP contribution in [0.4, 0.5) is 19.0 Å². The van der Waals surface area contributed by atoms with E-state index in [4.69, 9.17) is 9.05 Å².